The van der Waals surface area contributed by atoms with E-state index in [0.29, 0.717) is 39.7 Å². The minimum atomic E-state index is -4.11. The van der Waals surface area contributed by atoms with E-state index in [2.05, 4.69) is 30.6 Å². The van der Waals surface area contributed by atoms with E-state index >= 15 is 0 Å². The summed E-state index contributed by atoms with van der Waals surface area (Å²) in [6, 6.07) is 18.0. The minimum Gasteiger partial charge on any atom is -0.497 e. The lowest BCUT2D eigenvalue weighted by molar-refractivity contribution is -0.115. The summed E-state index contributed by atoms with van der Waals surface area (Å²) < 4.78 is 34.5. The Labute approximate surface area is 219 Å². The molecule has 0 unspecified atom stereocenters. The molecule has 0 aliphatic carbocycles. The summed E-state index contributed by atoms with van der Waals surface area (Å²) in [6.45, 7) is 2.63. The number of amides is 1. The maximum Gasteiger partial charge on any atom is 0.263 e. The van der Waals surface area contributed by atoms with Gasteiger partial charge in [0.1, 0.15) is 5.75 Å². The predicted molar refractivity (Wildman–Crippen MR) is 145 cm³/mol. The number of fused-ring (bicyclic) bond motifs is 1. The molecule has 0 bridgehead atoms. The molecule has 37 heavy (non-hydrogen) atoms. The lowest BCUT2D eigenvalue weighted by Gasteiger charge is -2.15. The quantitative estimate of drug-likeness (QED) is 0.233. The number of para-hydroxylation sites is 2. The highest BCUT2D eigenvalue weighted by Gasteiger charge is 2.20. The molecule has 4 N–H and O–H groups in total. The topological polar surface area (TPSA) is 134 Å². The van der Waals surface area contributed by atoms with Crippen LogP contribution in [-0.2, 0) is 14.8 Å². The van der Waals surface area contributed by atoms with E-state index in [4.69, 9.17) is 16.3 Å². The second kappa shape index (κ2) is 11.4. The molecule has 0 fully saturated rings. The number of likely N-dealkylation sites (N-methyl/N-ethyl adjacent to an activating group) is 1. The van der Waals surface area contributed by atoms with Crippen molar-refractivity contribution < 1.29 is 17.9 Å². The molecular weight excluding hydrogens is 516 g/mol. The Morgan fingerprint density at radius 2 is 1.70 bits per heavy atom. The fraction of sp³-hybridized carbons (Fsp3) is 0.160. The third-order valence-electron chi connectivity index (χ3n) is 5.19. The second-order valence-electron chi connectivity index (χ2n) is 7.84. The molecule has 0 saturated heterocycles. The van der Waals surface area contributed by atoms with Gasteiger partial charge < -0.3 is 20.7 Å². The highest BCUT2D eigenvalue weighted by Crippen LogP contribution is 2.32. The summed E-state index contributed by atoms with van der Waals surface area (Å²) in [6.07, 6.45) is 0. The molecular formula is C25H25ClN6O4S. The molecule has 4 rings (SSSR count). The molecule has 0 saturated carbocycles. The Morgan fingerprint density at radius 1 is 0.973 bits per heavy atom. The van der Waals surface area contributed by atoms with Crippen molar-refractivity contribution in [2.75, 3.05) is 35.6 Å². The molecule has 1 amide bonds. The molecule has 192 valence electrons. The van der Waals surface area contributed by atoms with Gasteiger partial charge >= 0.3 is 0 Å². The minimum absolute atomic E-state index is 0.0285. The molecule has 0 spiro atoms. The Balaban J connectivity index is 1.68. The van der Waals surface area contributed by atoms with Crippen molar-refractivity contribution in [3.05, 3.63) is 71.8 Å². The molecule has 0 aliphatic rings. The van der Waals surface area contributed by atoms with Crippen LogP contribution in [0.5, 0.6) is 5.75 Å². The summed E-state index contributed by atoms with van der Waals surface area (Å²) in [5, 5.41) is 9.04. The summed E-state index contributed by atoms with van der Waals surface area (Å²) in [5.74, 6) is 0.383. The lowest BCUT2D eigenvalue weighted by Crippen LogP contribution is -2.27. The van der Waals surface area contributed by atoms with E-state index in [1.54, 1.807) is 54.6 Å². The van der Waals surface area contributed by atoms with Crippen LogP contribution in [0.4, 0.5) is 23.0 Å². The van der Waals surface area contributed by atoms with E-state index in [9.17, 15) is 13.2 Å². The number of carbonyl (C=O) groups is 1. The van der Waals surface area contributed by atoms with Crippen molar-refractivity contribution in [1.29, 1.82) is 0 Å². The molecule has 0 atom stereocenters. The van der Waals surface area contributed by atoms with Gasteiger partial charge in [0.05, 0.1) is 40.3 Å². The smallest absolute Gasteiger partial charge is 0.263 e. The van der Waals surface area contributed by atoms with Crippen molar-refractivity contribution >= 4 is 61.6 Å². The molecule has 1 aromatic heterocycles. The monoisotopic (exact) mass is 540 g/mol. The zero-order valence-electron chi connectivity index (χ0n) is 20.1. The Bertz CT molecular complexity index is 1550. The number of methoxy groups -OCH3 is 1. The average Bonchev–Trinajstić information content (AvgIpc) is 2.89. The van der Waals surface area contributed by atoms with Crippen molar-refractivity contribution in [3.8, 4) is 5.75 Å². The fourth-order valence-corrected chi connectivity index (χ4v) is 4.60. The molecule has 0 radical (unpaired) electrons. The van der Waals surface area contributed by atoms with Crippen LogP contribution >= 0.6 is 11.6 Å². The van der Waals surface area contributed by atoms with Crippen molar-refractivity contribution in [2.24, 2.45) is 0 Å². The summed E-state index contributed by atoms with van der Waals surface area (Å²) in [5.41, 5.74) is 1.85. The second-order valence-corrected chi connectivity index (χ2v) is 9.93. The zero-order valence-corrected chi connectivity index (χ0v) is 21.7. The number of nitrogens with zero attached hydrogens (tertiary/aromatic N) is 2. The summed E-state index contributed by atoms with van der Waals surface area (Å²) in [4.78, 5) is 21.1. The molecule has 10 nitrogen and oxygen atoms in total. The van der Waals surface area contributed by atoms with Crippen LogP contribution in [0.15, 0.2) is 71.6 Å². The Kier molecular flexibility index (Phi) is 8.07. The van der Waals surface area contributed by atoms with E-state index in [0.717, 1.165) is 0 Å². The van der Waals surface area contributed by atoms with E-state index in [1.807, 2.05) is 6.92 Å². The summed E-state index contributed by atoms with van der Waals surface area (Å²) in [7, 11) is -2.58. The maximum atomic E-state index is 13.3. The number of benzene rings is 3. The fourth-order valence-electron chi connectivity index (χ4n) is 3.38. The van der Waals surface area contributed by atoms with Gasteiger partial charge in [-0.2, -0.15) is 0 Å². The molecule has 1 heterocycles. The maximum absolute atomic E-state index is 13.3. The number of rotatable bonds is 10. The average molecular weight is 541 g/mol. The molecule has 4 aromatic rings. The van der Waals surface area contributed by atoms with Gasteiger partial charge in [0.25, 0.3) is 10.0 Å². The van der Waals surface area contributed by atoms with Crippen molar-refractivity contribution in [2.45, 2.75) is 11.8 Å². The van der Waals surface area contributed by atoms with Gasteiger partial charge in [-0.05, 0) is 49.0 Å². The van der Waals surface area contributed by atoms with Crippen LogP contribution in [-0.4, -0.2) is 44.5 Å². The van der Waals surface area contributed by atoms with E-state index in [-0.39, 0.29) is 29.0 Å². The SMILES string of the molecule is CCNCC(=O)Nc1cccc(S(=O)(=O)Nc2nc3ccccc3nc2Nc2cc(OC)ccc2Cl)c1. The van der Waals surface area contributed by atoms with E-state index < -0.39 is 10.0 Å². The first-order valence-electron chi connectivity index (χ1n) is 11.3. The van der Waals surface area contributed by atoms with Crippen LogP contribution in [0.1, 0.15) is 6.92 Å². The van der Waals surface area contributed by atoms with E-state index in [1.165, 1.54) is 19.2 Å². The van der Waals surface area contributed by atoms with Crippen LogP contribution in [0, 0.1) is 0 Å². The predicted octanol–water partition coefficient (Wildman–Crippen LogP) is 4.38. The first-order chi connectivity index (χ1) is 17.8. The van der Waals surface area contributed by atoms with Gasteiger partial charge in [0.2, 0.25) is 5.91 Å². The number of carbonyl (C=O) groups excluding carboxylic acids is 1. The highest BCUT2D eigenvalue weighted by atomic mass is 35.5. The number of halogens is 1. The molecule has 3 aromatic carbocycles. The van der Waals surface area contributed by atoms with Crippen LogP contribution in [0.25, 0.3) is 11.0 Å². The first kappa shape index (κ1) is 26.1. The van der Waals surface area contributed by atoms with Gasteiger partial charge in [-0.25, -0.2) is 18.4 Å². The number of aromatic nitrogens is 2. The van der Waals surface area contributed by atoms with Gasteiger partial charge in [0.15, 0.2) is 11.6 Å². The van der Waals surface area contributed by atoms with Crippen molar-refractivity contribution in [3.63, 3.8) is 0 Å². The van der Waals surface area contributed by atoms with Gasteiger partial charge in [-0.1, -0.05) is 36.7 Å². The number of anilines is 4. The number of hydrogen-bond acceptors (Lipinski definition) is 8. The van der Waals surface area contributed by atoms with Gasteiger partial charge in [-0.3, -0.25) is 9.52 Å². The first-order valence-corrected chi connectivity index (χ1v) is 13.2. The van der Waals surface area contributed by atoms with Gasteiger partial charge in [0, 0.05) is 11.8 Å². The Hall–Kier alpha value is -3.93. The zero-order chi connectivity index (χ0) is 26.4. The number of hydrogen-bond donors (Lipinski definition) is 4. The van der Waals surface area contributed by atoms with Crippen LogP contribution in [0.3, 0.4) is 0 Å². The largest absolute Gasteiger partial charge is 0.497 e. The molecule has 0 aliphatic heterocycles. The molecule has 12 heteroatoms. The highest BCUT2D eigenvalue weighted by molar-refractivity contribution is 7.92. The third kappa shape index (κ3) is 6.45. The van der Waals surface area contributed by atoms with Crippen LogP contribution in [0.2, 0.25) is 5.02 Å². The number of nitrogens with one attached hydrogen (secondary N) is 4. The van der Waals surface area contributed by atoms with Crippen LogP contribution < -0.4 is 25.4 Å². The standard InChI is InChI=1S/C25H25ClN6O4S/c1-3-27-15-23(33)28-16-7-6-8-18(13-16)37(34,35)32-25-24(29-20-9-4-5-10-21(20)30-25)31-22-14-17(36-2)11-12-19(22)26/h4-14,27H,3,15H2,1-2H3,(H,28,33)(H,29,31)(H,30,32). The number of ether oxygens (including phenoxy) is 1. The third-order valence-corrected chi connectivity index (χ3v) is 6.86. The lowest BCUT2D eigenvalue weighted by atomic mass is 10.3. The number of sulfonamides is 1. The van der Waals surface area contributed by atoms with Gasteiger partial charge in [-0.15, -0.1) is 0 Å². The van der Waals surface area contributed by atoms with Crippen molar-refractivity contribution in [1.82, 2.24) is 15.3 Å². The normalized spacial score (nSPS) is 11.2. The summed E-state index contributed by atoms with van der Waals surface area (Å²) >= 11 is 6.35. The Morgan fingerprint density at radius 3 is 2.41 bits per heavy atom.